The standard InChI is InChI=1S/C48H46N2/c49-47-29-19-39(20-30-47)11-5-35-1-7-37(8-2-35)13-27-45-33-41-15-23-43(45)25-17-42-16-24-44(26-18-41)46(34-42)28-14-38-9-3-36(4-10-38)6-12-40-21-31-48(50)32-22-40/h1-4,7-10,13-16,19-24,27-34H,5-6,11-12,17-18,25-26,49-50H2/b27-13+,28-14+. The average Bonchev–Trinajstić information content (AvgIpc) is 3.15. The molecule has 6 aromatic rings. The smallest absolute Gasteiger partial charge is 0.0314 e. The van der Waals surface area contributed by atoms with Crippen LogP contribution in [0.15, 0.2) is 133 Å². The number of nitrogen functional groups attached to an aromatic ring is 2. The number of nitrogens with two attached hydrogens (primary N) is 2. The van der Waals surface area contributed by atoms with Gasteiger partial charge in [0.1, 0.15) is 0 Å². The van der Waals surface area contributed by atoms with Gasteiger partial charge in [-0.15, -0.1) is 0 Å². The Morgan fingerprint density at radius 2 is 0.700 bits per heavy atom. The topological polar surface area (TPSA) is 52.0 Å². The summed E-state index contributed by atoms with van der Waals surface area (Å²) in [6, 6.07) is 48.6. The Hall–Kier alpha value is -5.60. The number of benzene rings is 6. The summed E-state index contributed by atoms with van der Waals surface area (Å²) >= 11 is 0. The van der Waals surface area contributed by atoms with Crippen molar-refractivity contribution >= 4 is 35.7 Å². The molecule has 0 heterocycles. The van der Waals surface area contributed by atoms with Gasteiger partial charge in [-0.2, -0.15) is 0 Å². The van der Waals surface area contributed by atoms with Crippen LogP contribution in [0.4, 0.5) is 11.4 Å². The van der Waals surface area contributed by atoms with Crippen molar-refractivity contribution in [2.75, 3.05) is 11.5 Å². The molecule has 2 heteroatoms. The van der Waals surface area contributed by atoms with E-state index in [0.717, 1.165) is 62.7 Å². The molecule has 10 rings (SSSR count). The predicted octanol–water partition coefficient (Wildman–Crippen LogP) is 10.6. The monoisotopic (exact) mass is 650 g/mol. The minimum atomic E-state index is 0.818. The zero-order valence-electron chi connectivity index (χ0n) is 28.8. The Morgan fingerprint density at radius 1 is 0.360 bits per heavy atom. The van der Waals surface area contributed by atoms with E-state index >= 15 is 0 Å². The third-order valence-electron chi connectivity index (χ3n) is 10.0. The maximum atomic E-state index is 5.84. The van der Waals surface area contributed by atoms with Gasteiger partial charge < -0.3 is 11.5 Å². The Morgan fingerprint density at radius 3 is 1.06 bits per heavy atom. The lowest BCUT2D eigenvalue weighted by Gasteiger charge is -2.15. The molecule has 0 spiro atoms. The van der Waals surface area contributed by atoms with Gasteiger partial charge in [0.2, 0.25) is 0 Å². The van der Waals surface area contributed by atoms with Gasteiger partial charge in [-0.1, -0.05) is 133 Å². The maximum absolute atomic E-state index is 5.84. The fourth-order valence-corrected chi connectivity index (χ4v) is 6.83. The second kappa shape index (κ2) is 15.7. The van der Waals surface area contributed by atoms with Gasteiger partial charge in [0, 0.05) is 11.4 Å². The summed E-state index contributed by atoms with van der Waals surface area (Å²) in [5, 5.41) is 0. The summed E-state index contributed by atoms with van der Waals surface area (Å²) in [6.07, 6.45) is 17.3. The van der Waals surface area contributed by atoms with Crippen LogP contribution in [0.5, 0.6) is 0 Å². The summed E-state index contributed by atoms with van der Waals surface area (Å²) < 4.78 is 0. The van der Waals surface area contributed by atoms with Crippen LogP contribution in [0.1, 0.15) is 66.8 Å². The van der Waals surface area contributed by atoms with Gasteiger partial charge in [0.15, 0.2) is 0 Å². The first-order chi connectivity index (χ1) is 24.5. The summed E-state index contributed by atoms with van der Waals surface area (Å²) in [5.74, 6) is 0. The van der Waals surface area contributed by atoms with Crippen molar-refractivity contribution in [2.45, 2.75) is 51.4 Å². The zero-order valence-corrected chi connectivity index (χ0v) is 28.8. The first-order valence-corrected chi connectivity index (χ1v) is 18.0. The van der Waals surface area contributed by atoms with Gasteiger partial charge in [-0.05, 0) is 142 Å². The van der Waals surface area contributed by atoms with E-state index in [1.807, 2.05) is 24.3 Å². The minimum absolute atomic E-state index is 0.818. The lowest BCUT2D eigenvalue weighted by atomic mass is 9.90. The predicted molar refractivity (Wildman–Crippen MR) is 215 cm³/mol. The number of anilines is 2. The average molecular weight is 651 g/mol. The molecule has 0 saturated heterocycles. The van der Waals surface area contributed by atoms with E-state index < -0.39 is 0 Å². The van der Waals surface area contributed by atoms with Crippen LogP contribution in [-0.2, 0) is 51.4 Å². The molecule has 4 aliphatic rings. The molecule has 0 fully saturated rings. The molecule has 0 unspecified atom stereocenters. The minimum Gasteiger partial charge on any atom is -0.399 e. The molecule has 0 amide bonds. The Kier molecular flexibility index (Phi) is 10.4. The summed E-state index contributed by atoms with van der Waals surface area (Å²) in [7, 11) is 0. The van der Waals surface area contributed by atoms with Crippen LogP contribution in [0.25, 0.3) is 24.3 Å². The SMILES string of the molecule is Nc1ccc(CCc2ccc(/C=C/c3cc4ccc3CCc3ccc(c(/C=C/c5ccc(CCc6ccc(N)cc6)cc5)c3)CC4)cc2)cc1. The lowest BCUT2D eigenvalue weighted by Crippen LogP contribution is -2.02. The summed E-state index contributed by atoms with van der Waals surface area (Å²) in [5.41, 5.74) is 29.4. The molecule has 0 saturated carbocycles. The van der Waals surface area contributed by atoms with Crippen molar-refractivity contribution in [3.8, 4) is 0 Å². The fourth-order valence-electron chi connectivity index (χ4n) is 6.83. The molecule has 0 radical (unpaired) electrons. The highest BCUT2D eigenvalue weighted by molar-refractivity contribution is 5.73. The molecular weight excluding hydrogens is 605 g/mol. The highest BCUT2D eigenvalue weighted by atomic mass is 14.5. The van der Waals surface area contributed by atoms with Crippen LogP contribution in [0.2, 0.25) is 0 Å². The molecule has 0 atom stereocenters. The second-order valence-corrected chi connectivity index (χ2v) is 13.7. The summed E-state index contributed by atoms with van der Waals surface area (Å²) in [4.78, 5) is 0. The fraction of sp³-hybridized carbons (Fsp3) is 0.167. The Balaban J connectivity index is 0.987. The first kappa shape index (κ1) is 32.9. The van der Waals surface area contributed by atoms with E-state index in [1.165, 1.54) is 66.8 Å². The molecule has 4 N–H and O–H groups in total. The van der Waals surface area contributed by atoms with Crippen molar-refractivity contribution in [1.29, 1.82) is 0 Å². The number of rotatable bonds is 10. The van der Waals surface area contributed by atoms with Gasteiger partial charge in [0.05, 0.1) is 0 Å². The molecule has 6 aromatic carbocycles. The quantitative estimate of drug-likeness (QED) is 0.114. The van der Waals surface area contributed by atoms with Gasteiger partial charge in [0.25, 0.3) is 0 Å². The molecular formula is C48H46N2. The van der Waals surface area contributed by atoms with Crippen LogP contribution >= 0.6 is 0 Å². The van der Waals surface area contributed by atoms with Crippen LogP contribution < -0.4 is 11.5 Å². The van der Waals surface area contributed by atoms with Gasteiger partial charge in [-0.25, -0.2) is 0 Å². The third-order valence-corrected chi connectivity index (χ3v) is 10.0. The number of hydrogen-bond donors (Lipinski definition) is 2. The molecule has 4 aliphatic carbocycles. The summed E-state index contributed by atoms with van der Waals surface area (Å²) in [6.45, 7) is 0. The van der Waals surface area contributed by atoms with Crippen molar-refractivity contribution < 1.29 is 0 Å². The molecule has 2 nitrogen and oxygen atoms in total. The van der Waals surface area contributed by atoms with Crippen LogP contribution in [0.3, 0.4) is 0 Å². The normalized spacial score (nSPS) is 12.8. The van der Waals surface area contributed by atoms with E-state index in [9.17, 15) is 0 Å². The van der Waals surface area contributed by atoms with Crippen LogP contribution in [0, 0.1) is 0 Å². The Labute approximate surface area is 297 Å². The number of aryl methyl sites for hydroxylation is 8. The molecule has 248 valence electrons. The molecule has 0 aromatic heterocycles. The van der Waals surface area contributed by atoms with E-state index in [2.05, 4.69) is 133 Å². The van der Waals surface area contributed by atoms with E-state index in [4.69, 9.17) is 11.5 Å². The molecule has 4 bridgehead atoms. The van der Waals surface area contributed by atoms with E-state index in [-0.39, 0.29) is 0 Å². The van der Waals surface area contributed by atoms with Gasteiger partial charge in [-0.3, -0.25) is 0 Å². The Bertz CT molecular complexity index is 1930. The first-order valence-electron chi connectivity index (χ1n) is 18.0. The highest BCUT2D eigenvalue weighted by Gasteiger charge is 2.09. The van der Waals surface area contributed by atoms with E-state index in [1.54, 1.807) is 0 Å². The third kappa shape index (κ3) is 8.89. The zero-order chi connectivity index (χ0) is 34.1. The van der Waals surface area contributed by atoms with Crippen LogP contribution in [-0.4, -0.2) is 0 Å². The van der Waals surface area contributed by atoms with Gasteiger partial charge >= 0.3 is 0 Å². The highest BCUT2D eigenvalue weighted by Crippen LogP contribution is 2.25. The van der Waals surface area contributed by atoms with Crippen molar-refractivity contribution in [3.63, 3.8) is 0 Å². The maximum Gasteiger partial charge on any atom is 0.0314 e. The number of hydrogen-bond acceptors (Lipinski definition) is 2. The molecule has 50 heavy (non-hydrogen) atoms. The van der Waals surface area contributed by atoms with Crippen molar-refractivity contribution in [2.24, 2.45) is 0 Å². The lowest BCUT2D eigenvalue weighted by molar-refractivity contribution is 0.917. The van der Waals surface area contributed by atoms with Crippen molar-refractivity contribution in [3.05, 3.63) is 200 Å². The van der Waals surface area contributed by atoms with E-state index in [0.29, 0.717) is 0 Å². The van der Waals surface area contributed by atoms with Crippen molar-refractivity contribution in [1.82, 2.24) is 0 Å². The largest absolute Gasteiger partial charge is 0.399 e. The molecule has 0 aliphatic heterocycles. The second-order valence-electron chi connectivity index (χ2n) is 13.7.